The molecule has 4 aromatic rings. The van der Waals surface area contributed by atoms with Crippen LogP contribution in [0.3, 0.4) is 0 Å². The molecule has 1 atom stereocenters. The first-order valence-corrected chi connectivity index (χ1v) is 11.4. The summed E-state index contributed by atoms with van der Waals surface area (Å²) in [5.74, 6) is 2.56. The van der Waals surface area contributed by atoms with Gasteiger partial charge >= 0.3 is 12.1 Å². The standard InChI is InChI=1S/C24H22N6O5/c1-13-8-17-18(11-30(13)24(32)33)25-12-26-22(17)34-16-4-5-19-15(9-16)6-7-29(19)23(31)27-21-10-20(35-28-21)14-2-3-14/h4-7,9-10,12-14H,2-3,8,11H2,1H3,(H,32,33)(H,27,28,31). The van der Waals surface area contributed by atoms with Gasteiger partial charge in [-0.3, -0.25) is 14.8 Å². The number of aromatic nitrogens is 4. The molecule has 1 aliphatic heterocycles. The Balaban J connectivity index is 1.21. The van der Waals surface area contributed by atoms with Crippen LogP contribution in [0, 0.1) is 0 Å². The number of ether oxygens (including phenoxy) is 1. The van der Waals surface area contributed by atoms with Crippen LogP contribution in [0.2, 0.25) is 0 Å². The van der Waals surface area contributed by atoms with Crippen LogP contribution in [-0.4, -0.2) is 47.9 Å². The summed E-state index contributed by atoms with van der Waals surface area (Å²) in [5, 5.41) is 16.9. The molecule has 4 heterocycles. The highest BCUT2D eigenvalue weighted by Gasteiger charge is 2.30. The summed E-state index contributed by atoms with van der Waals surface area (Å²) in [7, 11) is 0. The van der Waals surface area contributed by atoms with Crippen molar-refractivity contribution in [2.75, 3.05) is 5.32 Å². The van der Waals surface area contributed by atoms with Crippen LogP contribution in [-0.2, 0) is 13.0 Å². The largest absolute Gasteiger partial charge is 0.465 e. The number of nitrogens with one attached hydrogen (secondary N) is 1. The summed E-state index contributed by atoms with van der Waals surface area (Å²) in [6.07, 6.45) is 4.72. The fraction of sp³-hybridized carbons (Fsp3) is 0.292. The van der Waals surface area contributed by atoms with Gasteiger partial charge in [0.25, 0.3) is 0 Å². The van der Waals surface area contributed by atoms with Gasteiger partial charge in [0.05, 0.1) is 17.8 Å². The fourth-order valence-corrected chi connectivity index (χ4v) is 4.39. The molecule has 0 radical (unpaired) electrons. The van der Waals surface area contributed by atoms with E-state index in [1.807, 2.05) is 19.1 Å². The van der Waals surface area contributed by atoms with Crippen LogP contribution < -0.4 is 10.1 Å². The van der Waals surface area contributed by atoms with Crippen molar-refractivity contribution in [1.82, 2.24) is 24.6 Å². The number of rotatable bonds is 4. The number of carboxylic acid groups (broad SMARTS) is 1. The highest BCUT2D eigenvalue weighted by Crippen LogP contribution is 2.40. The predicted molar refractivity (Wildman–Crippen MR) is 124 cm³/mol. The number of benzene rings is 1. The first-order chi connectivity index (χ1) is 17.0. The van der Waals surface area contributed by atoms with Gasteiger partial charge in [-0.25, -0.2) is 19.6 Å². The van der Waals surface area contributed by atoms with Crippen molar-refractivity contribution >= 4 is 28.8 Å². The van der Waals surface area contributed by atoms with E-state index in [0.29, 0.717) is 41.0 Å². The molecule has 2 aliphatic rings. The van der Waals surface area contributed by atoms with E-state index in [0.717, 1.165) is 29.6 Å². The molecule has 0 bridgehead atoms. The van der Waals surface area contributed by atoms with Gasteiger partial charge in [0.1, 0.15) is 17.8 Å². The Morgan fingerprint density at radius 2 is 2.06 bits per heavy atom. The number of carbonyl (C=O) groups is 2. The third-order valence-electron chi connectivity index (χ3n) is 6.43. The first-order valence-electron chi connectivity index (χ1n) is 11.4. The number of amides is 2. The molecule has 1 saturated carbocycles. The molecule has 178 valence electrons. The molecule has 1 aliphatic carbocycles. The highest BCUT2D eigenvalue weighted by atomic mass is 16.5. The molecular weight excluding hydrogens is 452 g/mol. The Bertz CT molecular complexity index is 1460. The number of carbonyl (C=O) groups excluding carboxylic acids is 1. The molecular formula is C24H22N6O5. The molecule has 11 nitrogen and oxygen atoms in total. The quantitative estimate of drug-likeness (QED) is 0.438. The summed E-state index contributed by atoms with van der Waals surface area (Å²) >= 11 is 0. The maximum Gasteiger partial charge on any atom is 0.407 e. The molecule has 35 heavy (non-hydrogen) atoms. The van der Waals surface area contributed by atoms with Crippen molar-refractivity contribution in [2.24, 2.45) is 0 Å². The van der Waals surface area contributed by atoms with Crippen molar-refractivity contribution in [1.29, 1.82) is 0 Å². The number of anilines is 1. The Kier molecular flexibility index (Phi) is 4.90. The predicted octanol–water partition coefficient (Wildman–Crippen LogP) is 4.59. The van der Waals surface area contributed by atoms with Crippen LogP contribution in [0.5, 0.6) is 11.6 Å². The number of hydrogen-bond donors (Lipinski definition) is 2. The Hall–Kier alpha value is -4.41. The zero-order valence-corrected chi connectivity index (χ0v) is 18.8. The van der Waals surface area contributed by atoms with Crippen molar-refractivity contribution in [2.45, 2.75) is 44.7 Å². The van der Waals surface area contributed by atoms with Crippen molar-refractivity contribution in [3.8, 4) is 11.6 Å². The smallest absolute Gasteiger partial charge is 0.407 e. The molecule has 1 aromatic carbocycles. The summed E-state index contributed by atoms with van der Waals surface area (Å²) in [4.78, 5) is 34.2. The minimum absolute atomic E-state index is 0.190. The monoisotopic (exact) mass is 474 g/mol. The van der Waals surface area contributed by atoms with Gasteiger partial charge in [-0.15, -0.1) is 0 Å². The third kappa shape index (κ3) is 3.94. The van der Waals surface area contributed by atoms with Crippen molar-refractivity contribution < 1.29 is 24.0 Å². The van der Waals surface area contributed by atoms with Crippen LogP contribution in [0.1, 0.15) is 42.7 Å². The summed E-state index contributed by atoms with van der Waals surface area (Å²) in [6.45, 7) is 2.04. The van der Waals surface area contributed by atoms with Gasteiger partial charge in [-0.1, -0.05) is 5.16 Å². The van der Waals surface area contributed by atoms with Gasteiger partial charge in [0, 0.05) is 35.2 Å². The maximum absolute atomic E-state index is 12.8. The van der Waals surface area contributed by atoms with E-state index >= 15 is 0 Å². The Morgan fingerprint density at radius 1 is 1.20 bits per heavy atom. The molecule has 0 saturated heterocycles. The zero-order chi connectivity index (χ0) is 24.1. The fourth-order valence-electron chi connectivity index (χ4n) is 4.39. The zero-order valence-electron chi connectivity index (χ0n) is 18.8. The first kappa shape index (κ1) is 21.1. The van der Waals surface area contributed by atoms with E-state index in [-0.39, 0.29) is 18.6 Å². The third-order valence-corrected chi connectivity index (χ3v) is 6.43. The second kappa shape index (κ2) is 8.12. The highest BCUT2D eigenvalue weighted by molar-refractivity contribution is 5.98. The molecule has 3 aromatic heterocycles. The maximum atomic E-state index is 12.8. The normalized spacial score (nSPS) is 17.3. The van der Waals surface area contributed by atoms with Crippen LogP contribution in [0.25, 0.3) is 10.9 Å². The number of fused-ring (bicyclic) bond motifs is 2. The van der Waals surface area contributed by atoms with Gasteiger partial charge in [0.2, 0.25) is 5.88 Å². The second-order valence-electron chi connectivity index (χ2n) is 8.90. The van der Waals surface area contributed by atoms with Gasteiger partial charge in [-0.2, -0.15) is 0 Å². The lowest BCUT2D eigenvalue weighted by atomic mass is 10.00. The molecule has 1 fully saturated rings. The second-order valence-corrected chi connectivity index (χ2v) is 8.90. The lowest BCUT2D eigenvalue weighted by molar-refractivity contribution is 0.118. The Morgan fingerprint density at radius 3 is 2.86 bits per heavy atom. The van der Waals surface area contributed by atoms with E-state index in [1.54, 1.807) is 24.4 Å². The number of nitrogens with zero attached hydrogens (tertiary/aromatic N) is 5. The van der Waals surface area contributed by atoms with Crippen LogP contribution >= 0.6 is 0 Å². The average Bonchev–Trinajstić information content (AvgIpc) is 3.44. The molecule has 0 spiro atoms. The summed E-state index contributed by atoms with van der Waals surface area (Å²) in [5.41, 5.74) is 2.14. The van der Waals surface area contributed by atoms with E-state index in [9.17, 15) is 14.7 Å². The van der Waals surface area contributed by atoms with Crippen molar-refractivity contribution in [3.05, 3.63) is 59.9 Å². The lowest BCUT2D eigenvalue weighted by Crippen LogP contribution is -2.42. The summed E-state index contributed by atoms with van der Waals surface area (Å²) < 4.78 is 12.9. The van der Waals surface area contributed by atoms with E-state index in [1.165, 1.54) is 15.8 Å². The average molecular weight is 474 g/mol. The molecule has 2 amide bonds. The van der Waals surface area contributed by atoms with Crippen LogP contribution in [0.15, 0.2) is 47.4 Å². The summed E-state index contributed by atoms with van der Waals surface area (Å²) in [6, 6.07) is 8.42. The minimum atomic E-state index is -0.977. The van der Waals surface area contributed by atoms with E-state index < -0.39 is 6.09 Å². The van der Waals surface area contributed by atoms with Crippen LogP contribution in [0.4, 0.5) is 15.4 Å². The lowest BCUT2D eigenvalue weighted by Gasteiger charge is -2.32. The molecule has 6 rings (SSSR count). The molecule has 2 N–H and O–H groups in total. The van der Waals surface area contributed by atoms with Gasteiger partial charge in [0.15, 0.2) is 5.82 Å². The van der Waals surface area contributed by atoms with E-state index in [4.69, 9.17) is 9.26 Å². The molecule has 11 heteroatoms. The van der Waals surface area contributed by atoms with Gasteiger partial charge in [-0.05, 0) is 50.5 Å². The minimum Gasteiger partial charge on any atom is -0.465 e. The molecule has 1 unspecified atom stereocenters. The number of hydrogen-bond acceptors (Lipinski definition) is 7. The van der Waals surface area contributed by atoms with E-state index in [2.05, 4.69) is 20.4 Å². The van der Waals surface area contributed by atoms with Gasteiger partial charge < -0.3 is 14.4 Å². The topological polar surface area (TPSA) is 136 Å². The van der Waals surface area contributed by atoms with Crippen molar-refractivity contribution in [3.63, 3.8) is 0 Å². The Labute approximate surface area is 199 Å². The SMILES string of the molecule is CC1Cc2c(ncnc2Oc2ccc3c(ccn3C(=O)Nc3cc(C4CC4)on3)c2)CN1C(=O)O.